The highest BCUT2D eigenvalue weighted by atomic mass is 16.5. The van der Waals surface area contributed by atoms with Crippen LogP contribution in [0.1, 0.15) is 11.3 Å². The van der Waals surface area contributed by atoms with Gasteiger partial charge in [-0.3, -0.25) is 14.4 Å². The Labute approximate surface area is 145 Å². The van der Waals surface area contributed by atoms with Gasteiger partial charge in [-0.05, 0) is 0 Å². The maximum absolute atomic E-state index is 12.3. The number of aromatic nitrogens is 3. The van der Waals surface area contributed by atoms with E-state index in [1.807, 2.05) is 37.4 Å². The number of hydrogen-bond donors (Lipinski definition) is 1. The third-order valence-corrected chi connectivity index (χ3v) is 4.30. The first-order valence-corrected chi connectivity index (χ1v) is 8.24. The standard InChI is InChI=1S/C18H19N5O2/c1-22-9-8-16(20-22)19-17(24)12-23-10-7-15-14(11-23)18(21-25-15)13-5-3-2-4-6-13/h2-6,8-9H,7,10-12H2,1H3,(H,19,20,24). The molecule has 0 unspecified atom stereocenters. The molecule has 4 rings (SSSR count). The van der Waals surface area contributed by atoms with E-state index in [2.05, 4.69) is 20.5 Å². The van der Waals surface area contributed by atoms with E-state index in [4.69, 9.17) is 4.52 Å². The molecule has 25 heavy (non-hydrogen) atoms. The first kappa shape index (κ1) is 15.6. The molecule has 3 aromatic rings. The van der Waals surface area contributed by atoms with Gasteiger partial charge in [-0.2, -0.15) is 5.10 Å². The van der Waals surface area contributed by atoms with Crippen molar-refractivity contribution in [2.24, 2.45) is 7.05 Å². The molecular formula is C18H19N5O2. The number of rotatable bonds is 4. The summed E-state index contributed by atoms with van der Waals surface area (Å²) in [6, 6.07) is 11.8. The van der Waals surface area contributed by atoms with Gasteiger partial charge in [0.15, 0.2) is 5.82 Å². The van der Waals surface area contributed by atoms with Crippen LogP contribution in [0.5, 0.6) is 0 Å². The van der Waals surface area contributed by atoms with Crippen molar-refractivity contribution in [3.8, 4) is 11.3 Å². The third-order valence-electron chi connectivity index (χ3n) is 4.30. The molecule has 0 atom stereocenters. The lowest BCUT2D eigenvalue weighted by Gasteiger charge is -2.25. The van der Waals surface area contributed by atoms with Crippen molar-refractivity contribution in [2.45, 2.75) is 13.0 Å². The molecule has 2 aromatic heterocycles. The molecule has 0 radical (unpaired) electrons. The topological polar surface area (TPSA) is 76.2 Å². The summed E-state index contributed by atoms with van der Waals surface area (Å²) < 4.78 is 7.16. The Bertz CT molecular complexity index is 884. The normalized spacial score (nSPS) is 14.3. The van der Waals surface area contributed by atoms with Crippen molar-refractivity contribution in [3.05, 3.63) is 53.9 Å². The highest BCUT2D eigenvalue weighted by Gasteiger charge is 2.26. The lowest BCUT2D eigenvalue weighted by molar-refractivity contribution is -0.117. The monoisotopic (exact) mass is 337 g/mol. The van der Waals surface area contributed by atoms with Gasteiger partial charge in [-0.25, -0.2) is 0 Å². The molecule has 0 fully saturated rings. The molecule has 1 amide bonds. The van der Waals surface area contributed by atoms with Gasteiger partial charge in [-0.1, -0.05) is 35.5 Å². The van der Waals surface area contributed by atoms with Crippen molar-refractivity contribution in [1.29, 1.82) is 0 Å². The molecule has 0 bridgehead atoms. The summed E-state index contributed by atoms with van der Waals surface area (Å²) >= 11 is 0. The number of hydrogen-bond acceptors (Lipinski definition) is 5. The summed E-state index contributed by atoms with van der Waals surface area (Å²) in [6.07, 6.45) is 2.55. The predicted octanol–water partition coefficient (Wildman–Crippen LogP) is 2.07. The summed E-state index contributed by atoms with van der Waals surface area (Å²) in [5.41, 5.74) is 2.97. The molecule has 0 spiro atoms. The summed E-state index contributed by atoms with van der Waals surface area (Å²) in [7, 11) is 1.82. The first-order chi connectivity index (χ1) is 12.2. The first-order valence-electron chi connectivity index (χ1n) is 8.24. The fraction of sp³-hybridized carbons (Fsp3) is 0.278. The van der Waals surface area contributed by atoms with Crippen molar-refractivity contribution in [3.63, 3.8) is 0 Å². The Morgan fingerprint density at radius 2 is 2.12 bits per heavy atom. The Hall–Kier alpha value is -2.93. The average Bonchev–Trinajstić information content (AvgIpc) is 3.21. The van der Waals surface area contributed by atoms with E-state index in [1.165, 1.54) is 0 Å². The number of amides is 1. The van der Waals surface area contributed by atoms with E-state index in [0.29, 0.717) is 18.9 Å². The quantitative estimate of drug-likeness (QED) is 0.789. The van der Waals surface area contributed by atoms with Gasteiger partial charge in [0.1, 0.15) is 11.5 Å². The van der Waals surface area contributed by atoms with E-state index < -0.39 is 0 Å². The van der Waals surface area contributed by atoms with E-state index in [9.17, 15) is 4.79 Å². The fourth-order valence-corrected chi connectivity index (χ4v) is 3.09. The zero-order valence-electron chi connectivity index (χ0n) is 14.0. The Kier molecular flexibility index (Phi) is 4.07. The zero-order valence-corrected chi connectivity index (χ0v) is 14.0. The van der Waals surface area contributed by atoms with E-state index in [0.717, 1.165) is 35.5 Å². The van der Waals surface area contributed by atoms with Crippen LogP contribution >= 0.6 is 0 Å². The van der Waals surface area contributed by atoms with Crippen LogP contribution in [0.2, 0.25) is 0 Å². The highest BCUT2D eigenvalue weighted by Crippen LogP contribution is 2.29. The van der Waals surface area contributed by atoms with Crippen LogP contribution in [0.3, 0.4) is 0 Å². The summed E-state index contributed by atoms with van der Waals surface area (Å²) in [6.45, 7) is 1.74. The van der Waals surface area contributed by atoms with Gasteiger partial charge in [0.2, 0.25) is 5.91 Å². The molecule has 128 valence electrons. The third kappa shape index (κ3) is 3.32. The van der Waals surface area contributed by atoms with Gasteiger partial charge in [0.25, 0.3) is 0 Å². The minimum Gasteiger partial charge on any atom is -0.360 e. The van der Waals surface area contributed by atoms with Crippen LogP contribution in [-0.4, -0.2) is 38.8 Å². The van der Waals surface area contributed by atoms with Crippen molar-refractivity contribution >= 4 is 11.7 Å². The van der Waals surface area contributed by atoms with Gasteiger partial charge < -0.3 is 9.84 Å². The Balaban J connectivity index is 1.45. The maximum atomic E-state index is 12.3. The van der Waals surface area contributed by atoms with Crippen molar-refractivity contribution in [1.82, 2.24) is 19.8 Å². The lowest BCUT2D eigenvalue weighted by Crippen LogP contribution is -2.37. The predicted molar refractivity (Wildman–Crippen MR) is 92.8 cm³/mol. The van der Waals surface area contributed by atoms with Crippen LogP contribution in [-0.2, 0) is 24.8 Å². The van der Waals surface area contributed by atoms with Crippen LogP contribution in [0.15, 0.2) is 47.1 Å². The average molecular weight is 337 g/mol. The number of nitrogens with zero attached hydrogens (tertiary/aromatic N) is 4. The SMILES string of the molecule is Cn1ccc(NC(=O)CN2CCc3onc(-c4ccccc4)c3C2)n1. The molecule has 3 heterocycles. The second-order valence-corrected chi connectivity index (χ2v) is 6.18. The van der Waals surface area contributed by atoms with Crippen LogP contribution in [0.4, 0.5) is 5.82 Å². The van der Waals surface area contributed by atoms with E-state index in [-0.39, 0.29) is 5.91 Å². The molecule has 1 N–H and O–H groups in total. The summed E-state index contributed by atoms with van der Waals surface area (Å²) in [5.74, 6) is 1.42. The molecular weight excluding hydrogens is 318 g/mol. The smallest absolute Gasteiger partial charge is 0.239 e. The lowest BCUT2D eigenvalue weighted by atomic mass is 10.0. The van der Waals surface area contributed by atoms with Crippen molar-refractivity contribution < 1.29 is 9.32 Å². The minimum absolute atomic E-state index is 0.0696. The number of nitrogens with one attached hydrogen (secondary N) is 1. The number of anilines is 1. The van der Waals surface area contributed by atoms with Gasteiger partial charge >= 0.3 is 0 Å². The van der Waals surface area contributed by atoms with E-state index >= 15 is 0 Å². The molecule has 0 saturated carbocycles. The second kappa shape index (κ2) is 6.52. The zero-order chi connectivity index (χ0) is 17.2. The van der Waals surface area contributed by atoms with Crippen LogP contribution < -0.4 is 5.32 Å². The van der Waals surface area contributed by atoms with Gasteiger partial charge in [-0.15, -0.1) is 0 Å². The summed E-state index contributed by atoms with van der Waals surface area (Å²) in [4.78, 5) is 14.4. The number of benzene rings is 1. The minimum atomic E-state index is -0.0696. The second-order valence-electron chi connectivity index (χ2n) is 6.18. The molecule has 0 aliphatic carbocycles. The van der Waals surface area contributed by atoms with Crippen LogP contribution in [0.25, 0.3) is 11.3 Å². The molecule has 1 aliphatic rings. The Morgan fingerprint density at radius 1 is 1.28 bits per heavy atom. The van der Waals surface area contributed by atoms with Crippen LogP contribution in [0, 0.1) is 0 Å². The molecule has 7 heteroatoms. The number of fused-ring (bicyclic) bond motifs is 1. The van der Waals surface area contributed by atoms with Crippen molar-refractivity contribution in [2.75, 3.05) is 18.4 Å². The number of aryl methyl sites for hydroxylation is 1. The number of carbonyl (C=O) groups is 1. The van der Waals surface area contributed by atoms with Gasteiger partial charge in [0.05, 0.1) is 6.54 Å². The van der Waals surface area contributed by atoms with Gasteiger partial charge in [0, 0.05) is 49.9 Å². The molecule has 7 nitrogen and oxygen atoms in total. The molecule has 1 aromatic carbocycles. The Morgan fingerprint density at radius 3 is 2.88 bits per heavy atom. The highest BCUT2D eigenvalue weighted by molar-refractivity contribution is 5.91. The maximum Gasteiger partial charge on any atom is 0.239 e. The van der Waals surface area contributed by atoms with E-state index in [1.54, 1.807) is 16.9 Å². The molecule has 1 aliphatic heterocycles. The molecule has 0 saturated heterocycles. The summed E-state index contributed by atoms with van der Waals surface area (Å²) in [5, 5.41) is 11.2. The number of carbonyl (C=O) groups excluding carboxylic acids is 1. The largest absolute Gasteiger partial charge is 0.360 e. The fourth-order valence-electron chi connectivity index (χ4n) is 3.09.